The second kappa shape index (κ2) is 6.48. The highest BCUT2D eigenvalue weighted by atomic mass is 79.9. The summed E-state index contributed by atoms with van der Waals surface area (Å²) in [5.74, 6) is 2.07. The van der Waals surface area contributed by atoms with Crippen LogP contribution in [-0.4, -0.2) is 9.19 Å². The van der Waals surface area contributed by atoms with E-state index >= 15 is 0 Å². The molecule has 102 valence electrons. The van der Waals surface area contributed by atoms with Gasteiger partial charge in [0.15, 0.2) is 6.39 Å². The predicted octanol–water partition coefficient (Wildman–Crippen LogP) is 4.01. The topological polar surface area (TPSA) is 43.1 Å². The number of nitrogens with zero attached hydrogens (tertiary/aromatic N) is 1. The van der Waals surface area contributed by atoms with E-state index in [9.17, 15) is 4.21 Å². The Morgan fingerprint density at radius 3 is 2.84 bits per heavy atom. The molecule has 1 aromatic heterocycles. The molecule has 0 fully saturated rings. The fraction of sp³-hybridized carbons (Fsp3) is 0.357. The first-order valence-electron chi connectivity index (χ1n) is 6.08. The van der Waals surface area contributed by atoms with Crippen molar-refractivity contribution in [3.05, 3.63) is 52.1 Å². The molecule has 1 atom stereocenters. The number of rotatable bonds is 5. The van der Waals surface area contributed by atoms with Gasteiger partial charge in [-0.3, -0.25) is 4.21 Å². The molecule has 0 aliphatic heterocycles. The van der Waals surface area contributed by atoms with Crippen molar-refractivity contribution in [1.29, 1.82) is 0 Å². The van der Waals surface area contributed by atoms with Crippen molar-refractivity contribution in [2.24, 2.45) is 0 Å². The van der Waals surface area contributed by atoms with Crippen molar-refractivity contribution < 1.29 is 8.63 Å². The minimum Gasteiger partial charge on any atom is -0.448 e. The number of aromatic nitrogens is 1. The first-order chi connectivity index (χ1) is 9.06. The van der Waals surface area contributed by atoms with Gasteiger partial charge in [0.25, 0.3) is 0 Å². The molecule has 0 amide bonds. The fourth-order valence-corrected chi connectivity index (χ4v) is 3.49. The van der Waals surface area contributed by atoms with Crippen LogP contribution < -0.4 is 0 Å². The first-order valence-corrected chi connectivity index (χ1v) is 8.36. The summed E-state index contributed by atoms with van der Waals surface area (Å²) in [5, 5.41) is 0. The molecule has 5 heteroatoms. The van der Waals surface area contributed by atoms with Crippen molar-refractivity contribution in [3.63, 3.8) is 0 Å². The lowest BCUT2D eigenvalue weighted by Gasteiger charge is -2.05. The van der Waals surface area contributed by atoms with Crippen molar-refractivity contribution in [1.82, 2.24) is 4.98 Å². The Hall–Kier alpha value is -0.940. The molecule has 0 saturated heterocycles. The number of benzene rings is 1. The van der Waals surface area contributed by atoms with Crippen LogP contribution >= 0.6 is 15.9 Å². The summed E-state index contributed by atoms with van der Waals surface area (Å²) in [5.41, 5.74) is 1.87. The van der Waals surface area contributed by atoms with Crippen molar-refractivity contribution in [3.8, 4) is 0 Å². The van der Waals surface area contributed by atoms with Gasteiger partial charge in [-0.1, -0.05) is 41.9 Å². The minimum atomic E-state index is -0.979. The van der Waals surface area contributed by atoms with Crippen LogP contribution in [-0.2, 0) is 22.3 Å². The van der Waals surface area contributed by atoms with Crippen LogP contribution in [0.5, 0.6) is 0 Å². The second-order valence-corrected chi connectivity index (χ2v) is 7.05. The van der Waals surface area contributed by atoms with Gasteiger partial charge in [-0.15, -0.1) is 0 Å². The van der Waals surface area contributed by atoms with Crippen LogP contribution in [0.2, 0.25) is 0 Å². The molecule has 1 unspecified atom stereocenters. The van der Waals surface area contributed by atoms with Gasteiger partial charge in [-0.05, 0) is 17.7 Å². The largest absolute Gasteiger partial charge is 0.448 e. The van der Waals surface area contributed by atoms with Gasteiger partial charge < -0.3 is 4.42 Å². The number of halogens is 1. The van der Waals surface area contributed by atoms with Crippen LogP contribution in [0.4, 0.5) is 0 Å². The number of hydrogen-bond acceptors (Lipinski definition) is 3. The molecule has 0 saturated carbocycles. The predicted molar refractivity (Wildman–Crippen MR) is 80.3 cm³/mol. The molecular weight excluding hydrogens is 326 g/mol. The van der Waals surface area contributed by atoms with Gasteiger partial charge in [0, 0.05) is 26.9 Å². The molecular formula is C14H16BrNO2S. The van der Waals surface area contributed by atoms with Crippen LogP contribution in [0.15, 0.2) is 39.5 Å². The van der Waals surface area contributed by atoms with E-state index in [1.165, 1.54) is 6.39 Å². The lowest BCUT2D eigenvalue weighted by atomic mass is 10.1. The van der Waals surface area contributed by atoms with Gasteiger partial charge in [0.05, 0.1) is 11.4 Å². The Morgan fingerprint density at radius 1 is 1.37 bits per heavy atom. The molecule has 0 N–H and O–H groups in total. The maximum absolute atomic E-state index is 12.2. The summed E-state index contributed by atoms with van der Waals surface area (Å²) in [6.45, 7) is 4.09. The molecule has 1 heterocycles. The molecule has 2 rings (SSSR count). The smallest absolute Gasteiger partial charge is 0.181 e. The highest BCUT2D eigenvalue weighted by Gasteiger charge is 2.14. The molecule has 19 heavy (non-hydrogen) atoms. The van der Waals surface area contributed by atoms with Crippen LogP contribution in [0.1, 0.15) is 36.8 Å². The van der Waals surface area contributed by atoms with E-state index in [0.717, 1.165) is 21.5 Å². The lowest BCUT2D eigenvalue weighted by molar-refractivity contribution is 0.480. The second-order valence-electron chi connectivity index (χ2n) is 4.68. The molecule has 0 aliphatic rings. The zero-order valence-corrected chi connectivity index (χ0v) is 13.3. The van der Waals surface area contributed by atoms with Crippen molar-refractivity contribution >= 4 is 26.7 Å². The van der Waals surface area contributed by atoms with E-state index < -0.39 is 10.8 Å². The third kappa shape index (κ3) is 4.01. The van der Waals surface area contributed by atoms with E-state index in [4.69, 9.17) is 4.42 Å². The maximum Gasteiger partial charge on any atom is 0.181 e. The molecule has 0 spiro atoms. The Morgan fingerprint density at radius 2 is 2.16 bits per heavy atom. The average molecular weight is 342 g/mol. The summed E-state index contributed by atoms with van der Waals surface area (Å²) in [6, 6.07) is 7.88. The minimum absolute atomic E-state index is 0.264. The van der Waals surface area contributed by atoms with E-state index in [1.807, 2.05) is 38.1 Å². The molecule has 0 aliphatic carbocycles. The van der Waals surface area contributed by atoms with Gasteiger partial charge in [-0.2, -0.15) is 0 Å². The summed E-state index contributed by atoms with van der Waals surface area (Å²) in [7, 11) is -0.979. The van der Waals surface area contributed by atoms with Crippen LogP contribution in [0.25, 0.3) is 0 Å². The lowest BCUT2D eigenvalue weighted by Crippen LogP contribution is -2.02. The van der Waals surface area contributed by atoms with Gasteiger partial charge in [0.2, 0.25) is 0 Å². The number of hydrogen-bond donors (Lipinski definition) is 0. The third-order valence-corrected chi connectivity index (χ3v) is 4.46. The van der Waals surface area contributed by atoms with E-state index in [2.05, 4.69) is 20.9 Å². The molecule has 1 aromatic carbocycles. The summed E-state index contributed by atoms with van der Waals surface area (Å²) in [6.07, 6.45) is 1.43. The van der Waals surface area contributed by atoms with E-state index in [0.29, 0.717) is 11.5 Å². The Labute approximate surface area is 124 Å². The summed E-state index contributed by atoms with van der Waals surface area (Å²) < 4.78 is 18.5. The van der Waals surface area contributed by atoms with Crippen LogP contribution in [0.3, 0.4) is 0 Å². The standard InChI is InChI=1S/C14H16BrNO2S/c1-10(2)14-13(16-9-18-14)8-19(17)7-11-4-3-5-12(15)6-11/h3-6,9-10H,7-8H2,1-2H3. The molecule has 0 radical (unpaired) electrons. The molecule has 2 aromatic rings. The van der Waals surface area contributed by atoms with Crippen molar-refractivity contribution in [2.45, 2.75) is 31.3 Å². The van der Waals surface area contributed by atoms with Crippen molar-refractivity contribution in [2.75, 3.05) is 0 Å². The number of oxazole rings is 1. The van der Waals surface area contributed by atoms with E-state index in [1.54, 1.807) is 0 Å². The highest BCUT2D eigenvalue weighted by molar-refractivity contribution is 9.10. The van der Waals surface area contributed by atoms with Crippen LogP contribution in [0, 0.1) is 0 Å². The Kier molecular flexibility index (Phi) is 4.93. The molecule has 0 bridgehead atoms. The normalized spacial score (nSPS) is 12.8. The zero-order chi connectivity index (χ0) is 13.8. The average Bonchev–Trinajstić information content (AvgIpc) is 2.76. The third-order valence-electron chi connectivity index (χ3n) is 2.71. The van der Waals surface area contributed by atoms with Gasteiger partial charge in [0.1, 0.15) is 5.76 Å². The summed E-state index contributed by atoms with van der Waals surface area (Å²) >= 11 is 3.42. The fourth-order valence-electron chi connectivity index (χ4n) is 1.87. The van der Waals surface area contributed by atoms with Gasteiger partial charge in [-0.25, -0.2) is 4.98 Å². The summed E-state index contributed by atoms with van der Waals surface area (Å²) in [4.78, 5) is 4.17. The van der Waals surface area contributed by atoms with Gasteiger partial charge >= 0.3 is 0 Å². The highest BCUT2D eigenvalue weighted by Crippen LogP contribution is 2.20. The maximum atomic E-state index is 12.2. The van der Waals surface area contributed by atoms with E-state index in [-0.39, 0.29) is 5.92 Å². The quantitative estimate of drug-likeness (QED) is 0.825. The Bertz CT molecular complexity index is 580. The first kappa shape index (κ1) is 14.5. The monoisotopic (exact) mass is 341 g/mol. The Balaban J connectivity index is 2.03. The zero-order valence-electron chi connectivity index (χ0n) is 10.9. The molecule has 3 nitrogen and oxygen atoms in total. The SMILES string of the molecule is CC(C)c1ocnc1CS(=O)Cc1cccc(Br)c1.